The molecule has 0 aliphatic rings. The first kappa shape index (κ1) is 26.2. The molecule has 2 heterocycles. The van der Waals surface area contributed by atoms with Crippen LogP contribution in [0.15, 0.2) is 73.6 Å². The Hall–Kier alpha value is -3.88. The Morgan fingerprint density at radius 3 is 1.76 bits per heavy atom. The maximum Gasteiger partial charge on any atom is 0.294 e. The van der Waals surface area contributed by atoms with E-state index in [0.29, 0.717) is 38.8 Å². The Bertz CT molecular complexity index is 1720. The molecule has 2 aromatic heterocycles. The van der Waals surface area contributed by atoms with Gasteiger partial charge in [0.05, 0.1) is 39.4 Å². The molecule has 4 N–H and O–H groups in total. The maximum atomic E-state index is 12.9. The number of aryl methyl sites for hydroxylation is 2. The minimum atomic E-state index is -4.35. The number of hydrogen-bond donors (Lipinski definition) is 4. The third kappa shape index (κ3) is 5.60. The smallest absolute Gasteiger partial charge is 0.294 e. The fourth-order valence-electron chi connectivity index (χ4n) is 3.50. The van der Waals surface area contributed by atoms with E-state index in [1.165, 1.54) is 45.8 Å². The molecule has 0 spiro atoms. The van der Waals surface area contributed by atoms with Crippen LogP contribution < -0.4 is 11.1 Å². The lowest BCUT2D eigenvalue weighted by molar-refractivity contribution is -0.432. The lowest BCUT2D eigenvalue weighted by atomic mass is 10.2. The number of H-pyrrole nitrogens is 2. The highest BCUT2D eigenvalue weighted by atomic mass is 32.2. The predicted octanol–water partition coefficient (Wildman–Crippen LogP) is 3.26. The molecule has 192 valence electrons. The average molecular weight is 545 g/mol. The summed E-state index contributed by atoms with van der Waals surface area (Å²) in [7, 11) is -4.35. The fraction of sp³-hybridized carbons (Fsp3) is 0.0870. The van der Waals surface area contributed by atoms with Crippen LogP contribution in [0.5, 0.6) is 0 Å². The van der Waals surface area contributed by atoms with Crippen molar-refractivity contribution in [3.63, 3.8) is 0 Å². The second-order valence-electron chi connectivity index (χ2n) is 7.73. The molecule has 0 aliphatic carbocycles. The molecule has 37 heavy (non-hydrogen) atoms. The highest BCUT2D eigenvalue weighted by molar-refractivity contribution is 7.94. The van der Waals surface area contributed by atoms with Gasteiger partial charge in [0.1, 0.15) is 0 Å². The van der Waals surface area contributed by atoms with Crippen LogP contribution in [0.3, 0.4) is 0 Å². The van der Waals surface area contributed by atoms with E-state index in [2.05, 4.69) is 25.3 Å². The number of nitrogens with one attached hydrogen (secondary N) is 2. The summed E-state index contributed by atoms with van der Waals surface area (Å²) in [5.41, 5.74) is 4.85. The van der Waals surface area contributed by atoms with E-state index in [4.69, 9.17) is 9.81 Å². The topological polar surface area (TPSA) is 169 Å². The zero-order chi connectivity index (χ0) is 26.7. The standard InChI is InChI=1S/C23H20N4O8S2/c1-14-20(22(28)26(24-14)16-6-10-18(11-7-16)36-35-34-30)4-3-5-21-15(2)25-27(23(21)29)17-8-12-19(13-9-17)37(31,32)33/h4-13,24-25,30H,1-2H3,(H,31,32,33). The average Bonchev–Trinajstić information content (AvgIpc) is 3.32. The second kappa shape index (κ2) is 10.6. The summed E-state index contributed by atoms with van der Waals surface area (Å²) >= 11 is 0.796. The quantitative estimate of drug-likeness (QED) is 0.0855. The summed E-state index contributed by atoms with van der Waals surface area (Å²) in [6.45, 7) is 3.42. The van der Waals surface area contributed by atoms with Gasteiger partial charge in [0.25, 0.3) is 21.2 Å². The molecule has 0 atom stereocenters. The van der Waals surface area contributed by atoms with Crippen LogP contribution in [-0.4, -0.2) is 37.8 Å². The number of nitrogens with zero attached hydrogens (tertiary/aromatic N) is 2. The first-order valence-corrected chi connectivity index (χ1v) is 12.7. The van der Waals surface area contributed by atoms with E-state index in [1.807, 2.05) is 0 Å². The van der Waals surface area contributed by atoms with Gasteiger partial charge < -0.3 is 0 Å². The summed E-state index contributed by atoms with van der Waals surface area (Å²) in [6, 6.07) is 11.8. The van der Waals surface area contributed by atoms with Crippen molar-refractivity contribution >= 4 is 34.3 Å². The normalized spacial score (nSPS) is 11.4. The molecule has 0 unspecified atom stereocenters. The van der Waals surface area contributed by atoms with Crippen molar-refractivity contribution in [1.82, 2.24) is 19.6 Å². The van der Waals surface area contributed by atoms with E-state index in [9.17, 15) is 18.0 Å². The zero-order valence-corrected chi connectivity index (χ0v) is 21.0. The van der Waals surface area contributed by atoms with Gasteiger partial charge in [-0.2, -0.15) is 8.42 Å². The molecule has 0 saturated carbocycles. The van der Waals surface area contributed by atoms with Gasteiger partial charge in [-0.1, -0.05) is 5.04 Å². The van der Waals surface area contributed by atoms with E-state index >= 15 is 0 Å². The molecular formula is C23H20N4O8S2. The number of rotatable bonds is 8. The minimum absolute atomic E-state index is 0.289. The van der Waals surface area contributed by atoms with Gasteiger partial charge in [0.15, 0.2) is 0 Å². The first-order valence-electron chi connectivity index (χ1n) is 10.5. The Morgan fingerprint density at radius 1 is 0.865 bits per heavy atom. The third-order valence-corrected chi connectivity index (χ3v) is 6.80. The van der Waals surface area contributed by atoms with Crippen LogP contribution in [0, 0.1) is 13.8 Å². The van der Waals surface area contributed by atoms with E-state index in [-0.39, 0.29) is 10.5 Å². The van der Waals surface area contributed by atoms with Crippen molar-refractivity contribution in [3.8, 4) is 11.4 Å². The molecule has 2 aromatic carbocycles. The van der Waals surface area contributed by atoms with Crippen LogP contribution in [0.4, 0.5) is 0 Å². The Kier molecular flexibility index (Phi) is 7.52. The lowest BCUT2D eigenvalue weighted by Crippen LogP contribution is -2.16. The van der Waals surface area contributed by atoms with Gasteiger partial charge in [0.2, 0.25) is 0 Å². The molecule has 4 rings (SSSR count). The number of benzene rings is 2. The summed E-state index contributed by atoms with van der Waals surface area (Å²) in [5, 5.41) is 17.7. The highest BCUT2D eigenvalue weighted by Crippen LogP contribution is 2.20. The molecule has 12 nitrogen and oxygen atoms in total. The summed E-state index contributed by atoms with van der Waals surface area (Å²) < 4.78 is 38.6. The van der Waals surface area contributed by atoms with Crippen LogP contribution in [0.1, 0.15) is 22.5 Å². The van der Waals surface area contributed by atoms with E-state index < -0.39 is 15.7 Å². The largest absolute Gasteiger partial charge is 0.295 e. The van der Waals surface area contributed by atoms with Gasteiger partial charge in [0, 0.05) is 16.3 Å². The molecule has 14 heteroatoms. The van der Waals surface area contributed by atoms with Gasteiger partial charge >= 0.3 is 0 Å². The van der Waals surface area contributed by atoms with E-state index in [1.54, 1.807) is 38.1 Å². The van der Waals surface area contributed by atoms with Gasteiger partial charge in [-0.15, -0.1) is 10.1 Å². The molecule has 0 bridgehead atoms. The molecule has 4 aromatic rings. The van der Waals surface area contributed by atoms with Crippen molar-refractivity contribution in [3.05, 3.63) is 97.5 Å². The third-order valence-electron chi connectivity index (χ3n) is 5.34. The van der Waals surface area contributed by atoms with Crippen LogP contribution >= 0.6 is 12.0 Å². The Morgan fingerprint density at radius 2 is 1.32 bits per heavy atom. The Balaban J connectivity index is 1.61. The summed E-state index contributed by atoms with van der Waals surface area (Å²) in [4.78, 5) is 26.2. The summed E-state index contributed by atoms with van der Waals surface area (Å²) in [6.07, 6.45) is 2.92. The Labute approximate surface area is 213 Å². The molecule has 0 radical (unpaired) electrons. The van der Waals surface area contributed by atoms with Gasteiger partial charge in [-0.05, 0) is 74.5 Å². The lowest BCUT2D eigenvalue weighted by Gasteiger charge is -2.02. The maximum absolute atomic E-state index is 12.9. The molecular weight excluding hydrogens is 524 g/mol. The van der Waals surface area contributed by atoms with E-state index in [0.717, 1.165) is 12.0 Å². The van der Waals surface area contributed by atoms with Crippen LogP contribution in [0.2, 0.25) is 0 Å². The molecule has 0 aliphatic heterocycles. The molecule has 0 saturated heterocycles. The van der Waals surface area contributed by atoms with Crippen molar-refractivity contribution in [2.24, 2.45) is 0 Å². The second-order valence-corrected chi connectivity index (χ2v) is 9.92. The number of hydrogen-bond acceptors (Lipinski definition) is 8. The minimum Gasteiger partial charge on any atom is -0.295 e. The van der Waals surface area contributed by atoms with Crippen molar-refractivity contribution in [1.29, 1.82) is 0 Å². The monoisotopic (exact) mass is 544 g/mol. The molecule has 0 amide bonds. The number of aromatic nitrogens is 4. The first-order chi connectivity index (χ1) is 17.6. The summed E-state index contributed by atoms with van der Waals surface area (Å²) in [5.74, 6) is 0. The predicted molar refractivity (Wildman–Crippen MR) is 135 cm³/mol. The SMILES string of the molecule is Cc1[nH]n(-c2ccc(SOOO)cc2)c(=O)c1C=C=Cc1c(C)[nH]n(-c2ccc(S(=O)(=O)O)cc2)c1=O. The van der Waals surface area contributed by atoms with Crippen molar-refractivity contribution in [2.75, 3.05) is 0 Å². The van der Waals surface area contributed by atoms with Crippen molar-refractivity contribution in [2.45, 2.75) is 23.6 Å². The van der Waals surface area contributed by atoms with Gasteiger partial charge in [-0.3, -0.25) is 24.3 Å². The number of aromatic amines is 2. The van der Waals surface area contributed by atoms with Crippen molar-refractivity contribution < 1.29 is 27.6 Å². The fourth-order valence-corrected chi connectivity index (χ4v) is 4.34. The highest BCUT2D eigenvalue weighted by Gasteiger charge is 2.13. The molecule has 0 fully saturated rings. The van der Waals surface area contributed by atoms with Gasteiger partial charge in [-0.25, -0.2) is 14.6 Å². The van der Waals surface area contributed by atoms with Crippen LogP contribution in [0.25, 0.3) is 23.5 Å². The zero-order valence-electron chi connectivity index (χ0n) is 19.3. The van der Waals surface area contributed by atoms with Crippen LogP contribution in [-0.2, 0) is 19.5 Å².